The van der Waals surface area contributed by atoms with Crippen LogP contribution in [0.4, 0.5) is 4.39 Å². The van der Waals surface area contributed by atoms with Gasteiger partial charge in [0.15, 0.2) is 11.6 Å². The van der Waals surface area contributed by atoms with Crippen LogP contribution >= 0.6 is 0 Å². The van der Waals surface area contributed by atoms with E-state index in [0.29, 0.717) is 6.04 Å². The van der Waals surface area contributed by atoms with E-state index in [-0.39, 0.29) is 11.6 Å². The van der Waals surface area contributed by atoms with Crippen LogP contribution in [0.2, 0.25) is 0 Å². The van der Waals surface area contributed by atoms with Gasteiger partial charge in [-0.15, -0.1) is 0 Å². The van der Waals surface area contributed by atoms with E-state index in [0.717, 1.165) is 23.2 Å². The van der Waals surface area contributed by atoms with Crippen LogP contribution in [0, 0.1) is 5.82 Å². The standard InChI is InChI=1S/C16H17FN2O/c1-20-16-5-2-12(7-15(16)17)13-6-11(8-18-10-13)9-19-14-3-4-14/h2,5-8,10,14,19H,3-4,9H2,1H3. The first-order valence-electron chi connectivity index (χ1n) is 6.77. The maximum atomic E-state index is 13.7. The van der Waals surface area contributed by atoms with E-state index >= 15 is 0 Å². The van der Waals surface area contributed by atoms with Gasteiger partial charge in [-0.2, -0.15) is 0 Å². The number of hydrogen-bond donors (Lipinski definition) is 1. The molecule has 1 aromatic carbocycles. The normalized spacial score (nSPS) is 14.3. The molecule has 1 aliphatic carbocycles. The number of benzene rings is 1. The van der Waals surface area contributed by atoms with E-state index in [1.54, 1.807) is 12.3 Å². The highest BCUT2D eigenvalue weighted by molar-refractivity contribution is 5.64. The third-order valence-corrected chi connectivity index (χ3v) is 3.45. The monoisotopic (exact) mass is 272 g/mol. The van der Waals surface area contributed by atoms with Gasteiger partial charge in [0, 0.05) is 30.5 Å². The van der Waals surface area contributed by atoms with Gasteiger partial charge in [0.25, 0.3) is 0 Å². The lowest BCUT2D eigenvalue weighted by Gasteiger charge is -2.07. The van der Waals surface area contributed by atoms with Crippen molar-refractivity contribution in [3.8, 4) is 16.9 Å². The lowest BCUT2D eigenvalue weighted by atomic mass is 10.1. The summed E-state index contributed by atoms with van der Waals surface area (Å²) in [5.41, 5.74) is 2.84. The van der Waals surface area contributed by atoms with Crippen molar-refractivity contribution in [2.75, 3.05) is 7.11 Å². The topological polar surface area (TPSA) is 34.1 Å². The summed E-state index contributed by atoms with van der Waals surface area (Å²) in [5.74, 6) is -0.0974. The Morgan fingerprint density at radius 1 is 1.25 bits per heavy atom. The molecule has 0 saturated heterocycles. The lowest BCUT2D eigenvalue weighted by Crippen LogP contribution is -2.15. The Morgan fingerprint density at radius 2 is 2.10 bits per heavy atom. The minimum atomic E-state index is -0.355. The van der Waals surface area contributed by atoms with Crippen molar-refractivity contribution in [1.82, 2.24) is 10.3 Å². The maximum Gasteiger partial charge on any atom is 0.165 e. The second kappa shape index (κ2) is 5.59. The molecule has 1 fully saturated rings. The predicted octanol–water partition coefficient (Wildman–Crippen LogP) is 3.15. The zero-order valence-electron chi connectivity index (χ0n) is 11.4. The zero-order chi connectivity index (χ0) is 13.9. The third-order valence-electron chi connectivity index (χ3n) is 3.45. The van der Waals surface area contributed by atoms with Crippen molar-refractivity contribution < 1.29 is 9.13 Å². The summed E-state index contributed by atoms with van der Waals surface area (Å²) < 4.78 is 18.7. The quantitative estimate of drug-likeness (QED) is 0.908. The first-order chi connectivity index (χ1) is 9.76. The largest absolute Gasteiger partial charge is 0.494 e. The Morgan fingerprint density at radius 3 is 2.80 bits per heavy atom. The molecule has 20 heavy (non-hydrogen) atoms. The van der Waals surface area contributed by atoms with E-state index in [1.807, 2.05) is 18.3 Å². The van der Waals surface area contributed by atoms with Crippen LogP contribution < -0.4 is 10.1 Å². The average molecular weight is 272 g/mol. The highest BCUT2D eigenvalue weighted by atomic mass is 19.1. The molecule has 0 bridgehead atoms. The van der Waals surface area contributed by atoms with E-state index in [9.17, 15) is 4.39 Å². The molecule has 2 aromatic rings. The third kappa shape index (κ3) is 2.96. The van der Waals surface area contributed by atoms with Gasteiger partial charge >= 0.3 is 0 Å². The van der Waals surface area contributed by atoms with Gasteiger partial charge in [0.05, 0.1) is 7.11 Å². The van der Waals surface area contributed by atoms with Crippen LogP contribution in [0.3, 0.4) is 0 Å². The average Bonchev–Trinajstić information content (AvgIpc) is 3.29. The van der Waals surface area contributed by atoms with E-state index in [2.05, 4.69) is 10.3 Å². The van der Waals surface area contributed by atoms with Crippen molar-refractivity contribution in [2.45, 2.75) is 25.4 Å². The van der Waals surface area contributed by atoms with Gasteiger partial charge in [-0.05, 0) is 42.2 Å². The summed E-state index contributed by atoms with van der Waals surface area (Å²) >= 11 is 0. The molecule has 1 heterocycles. The molecule has 0 spiro atoms. The molecule has 1 saturated carbocycles. The number of hydrogen-bond acceptors (Lipinski definition) is 3. The van der Waals surface area contributed by atoms with Crippen molar-refractivity contribution in [3.63, 3.8) is 0 Å². The Bertz CT molecular complexity index is 611. The van der Waals surface area contributed by atoms with Crippen LogP contribution in [0.15, 0.2) is 36.7 Å². The highest BCUT2D eigenvalue weighted by Gasteiger charge is 2.20. The second-order valence-electron chi connectivity index (χ2n) is 5.09. The Hall–Kier alpha value is -1.94. The summed E-state index contributed by atoms with van der Waals surface area (Å²) in [6.07, 6.45) is 6.12. The Balaban J connectivity index is 1.81. The Labute approximate surface area is 117 Å². The molecule has 0 unspecified atom stereocenters. The van der Waals surface area contributed by atoms with Crippen molar-refractivity contribution >= 4 is 0 Å². The number of halogens is 1. The van der Waals surface area contributed by atoms with Gasteiger partial charge < -0.3 is 10.1 Å². The summed E-state index contributed by atoms with van der Waals surface area (Å²) in [4.78, 5) is 4.24. The van der Waals surface area contributed by atoms with Gasteiger partial charge in [-0.25, -0.2) is 4.39 Å². The smallest absolute Gasteiger partial charge is 0.165 e. The summed E-state index contributed by atoms with van der Waals surface area (Å²) in [6, 6.07) is 7.67. The minimum Gasteiger partial charge on any atom is -0.494 e. The summed E-state index contributed by atoms with van der Waals surface area (Å²) in [6.45, 7) is 0.810. The molecule has 0 atom stereocenters. The first kappa shape index (κ1) is 13.1. The number of methoxy groups -OCH3 is 1. The molecule has 104 valence electrons. The van der Waals surface area contributed by atoms with Gasteiger partial charge in [0.1, 0.15) is 0 Å². The fourth-order valence-corrected chi connectivity index (χ4v) is 2.14. The van der Waals surface area contributed by atoms with Crippen molar-refractivity contribution in [1.29, 1.82) is 0 Å². The fourth-order valence-electron chi connectivity index (χ4n) is 2.14. The molecule has 3 rings (SSSR count). The van der Waals surface area contributed by atoms with Crippen LogP contribution in [0.5, 0.6) is 5.75 Å². The number of nitrogens with zero attached hydrogens (tertiary/aromatic N) is 1. The SMILES string of the molecule is COc1ccc(-c2cncc(CNC3CC3)c2)cc1F. The highest BCUT2D eigenvalue weighted by Crippen LogP contribution is 2.26. The number of pyridine rings is 1. The fraction of sp³-hybridized carbons (Fsp3) is 0.312. The molecular formula is C16H17FN2O. The minimum absolute atomic E-state index is 0.258. The molecule has 4 heteroatoms. The van der Waals surface area contributed by atoms with E-state index in [1.165, 1.54) is 26.0 Å². The molecule has 1 aromatic heterocycles. The van der Waals surface area contributed by atoms with Gasteiger partial charge in [0.2, 0.25) is 0 Å². The molecule has 0 amide bonds. The lowest BCUT2D eigenvalue weighted by molar-refractivity contribution is 0.386. The molecule has 0 aliphatic heterocycles. The number of rotatable bonds is 5. The summed E-state index contributed by atoms with van der Waals surface area (Å²) in [7, 11) is 1.46. The second-order valence-corrected chi connectivity index (χ2v) is 5.09. The van der Waals surface area contributed by atoms with E-state index in [4.69, 9.17) is 4.74 Å². The van der Waals surface area contributed by atoms with Gasteiger partial charge in [-0.3, -0.25) is 4.98 Å². The molecular weight excluding hydrogens is 255 g/mol. The van der Waals surface area contributed by atoms with E-state index < -0.39 is 0 Å². The first-order valence-corrected chi connectivity index (χ1v) is 6.77. The zero-order valence-corrected chi connectivity index (χ0v) is 11.4. The van der Waals surface area contributed by atoms with Gasteiger partial charge in [-0.1, -0.05) is 6.07 Å². The molecule has 3 nitrogen and oxygen atoms in total. The summed E-state index contributed by atoms with van der Waals surface area (Å²) in [5, 5.41) is 3.45. The molecule has 0 radical (unpaired) electrons. The molecule has 1 N–H and O–H groups in total. The molecule has 1 aliphatic rings. The number of nitrogens with one attached hydrogen (secondary N) is 1. The maximum absolute atomic E-state index is 13.7. The van der Waals surface area contributed by atoms with Crippen LogP contribution in [-0.4, -0.2) is 18.1 Å². The van der Waals surface area contributed by atoms with Crippen molar-refractivity contribution in [2.24, 2.45) is 0 Å². The van der Waals surface area contributed by atoms with Crippen molar-refractivity contribution in [3.05, 3.63) is 48.0 Å². The number of aromatic nitrogens is 1. The number of ether oxygens (including phenoxy) is 1. The van der Waals surface area contributed by atoms with Crippen LogP contribution in [0.25, 0.3) is 11.1 Å². The van der Waals surface area contributed by atoms with Crippen LogP contribution in [0.1, 0.15) is 18.4 Å². The van der Waals surface area contributed by atoms with Crippen LogP contribution in [-0.2, 0) is 6.54 Å². The predicted molar refractivity (Wildman–Crippen MR) is 76.0 cm³/mol. The Kier molecular flexibility index (Phi) is 3.65.